The predicted octanol–water partition coefficient (Wildman–Crippen LogP) is 4.78. The lowest BCUT2D eigenvalue weighted by Crippen LogP contribution is -2.39. The zero-order valence-electron chi connectivity index (χ0n) is 15.6. The van der Waals surface area contributed by atoms with Gasteiger partial charge in [0, 0.05) is 18.4 Å². The lowest BCUT2D eigenvalue weighted by atomic mass is 9.59. The van der Waals surface area contributed by atoms with Crippen molar-refractivity contribution in [1.82, 2.24) is 5.32 Å². The third-order valence-electron chi connectivity index (χ3n) is 6.24. The van der Waals surface area contributed by atoms with Gasteiger partial charge in [-0.3, -0.25) is 4.79 Å². The molecule has 3 aromatic rings. The number of amides is 1. The molecule has 3 aromatic carbocycles. The second-order valence-corrected chi connectivity index (χ2v) is 7.89. The highest BCUT2D eigenvalue weighted by atomic mass is 19.1. The molecular formula is C25H22FNO. The van der Waals surface area contributed by atoms with E-state index in [2.05, 4.69) is 53.8 Å². The van der Waals surface area contributed by atoms with Crippen LogP contribution in [0.3, 0.4) is 0 Å². The number of fused-ring (bicyclic) bond motifs is 1. The van der Waals surface area contributed by atoms with E-state index in [4.69, 9.17) is 0 Å². The minimum absolute atomic E-state index is 0.0476. The Morgan fingerprint density at radius 3 is 2.18 bits per heavy atom. The first-order chi connectivity index (χ1) is 13.7. The molecule has 0 fully saturated rings. The Labute approximate surface area is 164 Å². The molecule has 0 radical (unpaired) electrons. The summed E-state index contributed by atoms with van der Waals surface area (Å²) < 4.78 is 13.3. The first-order valence-electron chi connectivity index (χ1n) is 9.89. The molecule has 3 aliphatic rings. The Balaban J connectivity index is 1.35. The van der Waals surface area contributed by atoms with E-state index in [9.17, 15) is 9.18 Å². The molecule has 0 saturated carbocycles. The molecule has 1 unspecified atom stereocenters. The van der Waals surface area contributed by atoms with Crippen molar-refractivity contribution in [2.45, 2.75) is 24.7 Å². The van der Waals surface area contributed by atoms with Crippen LogP contribution in [0.25, 0.3) is 0 Å². The molecule has 0 spiro atoms. The second-order valence-electron chi connectivity index (χ2n) is 7.89. The molecule has 6 rings (SSSR count). The monoisotopic (exact) mass is 371 g/mol. The average molecular weight is 371 g/mol. The molecule has 2 nitrogen and oxygen atoms in total. The van der Waals surface area contributed by atoms with Crippen LogP contribution in [0.2, 0.25) is 0 Å². The molecule has 0 aromatic heterocycles. The van der Waals surface area contributed by atoms with E-state index in [0.717, 1.165) is 6.42 Å². The van der Waals surface area contributed by atoms with Gasteiger partial charge in [0.25, 0.3) is 0 Å². The van der Waals surface area contributed by atoms with Crippen molar-refractivity contribution in [3.8, 4) is 0 Å². The van der Waals surface area contributed by atoms with E-state index in [1.807, 2.05) is 0 Å². The number of hydrogen-bond donors (Lipinski definition) is 1. The maximum Gasteiger partial charge on any atom is 0.224 e. The van der Waals surface area contributed by atoms with E-state index in [0.29, 0.717) is 29.9 Å². The van der Waals surface area contributed by atoms with Crippen molar-refractivity contribution in [1.29, 1.82) is 0 Å². The fourth-order valence-corrected chi connectivity index (χ4v) is 5.10. The van der Waals surface area contributed by atoms with E-state index in [-0.39, 0.29) is 18.1 Å². The van der Waals surface area contributed by atoms with E-state index >= 15 is 0 Å². The summed E-state index contributed by atoms with van der Waals surface area (Å²) in [5.41, 5.74) is 6.39. The van der Waals surface area contributed by atoms with E-state index in [1.165, 1.54) is 34.4 Å². The summed E-state index contributed by atoms with van der Waals surface area (Å²) in [6.07, 6.45) is 1.27. The largest absolute Gasteiger partial charge is 0.356 e. The van der Waals surface area contributed by atoms with Crippen LogP contribution in [0.5, 0.6) is 0 Å². The highest BCUT2D eigenvalue weighted by Gasteiger charge is 2.42. The Hall–Kier alpha value is -2.94. The van der Waals surface area contributed by atoms with Crippen molar-refractivity contribution in [3.63, 3.8) is 0 Å². The molecule has 3 heteroatoms. The van der Waals surface area contributed by atoms with Crippen molar-refractivity contribution < 1.29 is 9.18 Å². The van der Waals surface area contributed by atoms with Gasteiger partial charge in [0.2, 0.25) is 5.91 Å². The number of rotatable bonds is 4. The van der Waals surface area contributed by atoms with Gasteiger partial charge in [-0.25, -0.2) is 4.39 Å². The van der Waals surface area contributed by atoms with Gasteiger partial charge in [-0.05, 0) is 52.3 Å². The van der Waals surface area contributed by atoms with Gasteiger partial charge in [0.05, 0.1) is 6.42 Å². The molecule has 140 valence electrons. The highest BCUT2D eigenvalue weighted by Crippen LogP contribution is 2.55. The van der Waals surface area contributed by atoms with Gasteiger partial charge in [0.1, 0.15) is 5.82 Å². The van der Waals surface area contributed by atoms with Gasteiger partial charge in [0.15, 0.2) is 0 Å². The molecule has 1 atom stereocenters. The number of benzene rings is 3. The fraction of sp³-hybridized carbons (Fsp3) is 0.240. The summed E-state index contributed by atoms with van der Waals surface area (Å²) in [4.78, 5) is 12.4. The van der Waals surface area contributed by atoms with Crippen LogP contribution in [0, 0.1) is 11.7 Å². The summed E-state index contributed by atoms with van der Waals surface area (Å²) in [5, 5.41) is 3.11. The Kier molecular flexibility index (Phi) is 4.23. The quantitative estimate of drug-likeness (QED) is 0.702. The lowest BCUT2D eigenvalue weighted by Gasteiger charge is -2.45. The van der Waals surface area contributed by atoms with Crippen LogP contribution >= 0.6 is 0 Å². The maximum atomic E-state index is 13.3. The number of halogens is 1. The Morgan fingerprint density at radius 1 is 0.893 bits per heavy atom. The average Bonchev–Trinajstić information content (AvgIpc) is 2.72. The molecular weight excluding hydrogens is 349 g/mol. The summed E-state index contributed by atoms with van der Waals surface area (Å²) >= 11 is 0. The second kappa shape index (κ2) is 6.90. The minimum Gasteiger partial charge on any atom is -0.356 e. The summed E-state index contributed by atoms with van der Waals surface area (Å²) in [6.45, 7) is 0.651. The minimum atomic E-state index is -0.303. The molecule has 0 aliphatic heterocycles. The number of nitrogens with one attached hydrogen (secondary N) is 1. The lowest BCUT2D eigenvalue weighted by molar-refractivity contribution is -0.120. The third-order valence-corrected chi connectivity index (χ3v) is 6.24. The molecule has 3 aliphatic carbocycles. The zero-order valence-corrected chi connectivity index (χ0v) is 15.6. The Bertz CT molecular complexity index is 996. The van der Waals surface area contributed by atoms with Crippen LogP contribution in [0.1, 0.15) is 46.1 Å². The zero-order chi connectivity index (χ0) is 19.1. The van der Waals surface area contributed by atoms with Gasteiger partial charge in [-0.2, -0.15) is 0 Å². The van der Waals surface area contributed by atoms with Gasteiger partial charge in [-0.15, -0.1) is 0 Å². The van der Waals surface area contributed by atoms with Crippen molar-refractivity contribution in [2.24, 2.45) is 5.92 Å². The van der Waals surface area contributed by atoms with Gasteiger partial charge in [-0.1, -0.05) is 60.7 Å². The van der Waals surface area contributed by atoms with Crippen LogP contribution in [0.15, 0.2) is 72.8 Å². The maximum absolute atomic E-state index is 13.3. The number of hydrogen-bond acceptors (Lipinski definition) is 1. The van der Waals surface area contributed by atoms with Gasteiger partial charge >= 0.3 is 0 Å². The van der Waals surface area contributed by atoms with Crippen molar-refractivity contribution in [3.05, 3.63) is 106 Å². The SMILES string of the molecule is O=C(Cc1cccc(F)c1)NCC1CC2c3ccccc3C1c1ccccc12. The topological polar surface area (TPSA) is 29.1 Å². The Morgan fingerprint density at radius 2 is 1.54 bits per heavy atom. The van der Waals surface area contributed by atoms with Crippen LogP contribution in [0.4, 0.5) is 4.39 Å². The third kappa shape index (κ3) is 2.91. The normalized spacial score (nSPS) is 21.7. The molecule has 1 amide bonds. The first-order valence-corrected chi connectivity index (χ1v) is 9.89. The van der Waals surface area contributed by atoms with Crippen molar-refractivity contribution >= 4 is 5.91 Å². The molecule has 2 bridgehead atoms. The fourth-order valence-electron chi connectivity index (χ4n) is 5.10. The van der Waals surface area contributed by atoms with Crippen molar-refractivity contribution in [2.75, 3.05) is 6.54 Å². The number of carbonyl (C=O) groups is 1. The summed E-state index contributed by atoms with van der Waals surface area (Å²) in [6, 6.07) is 23.7. The van der Waals surface area contributed by atoms with Gasteiger partial charge < -0.3 is 5.32 Å². The summed E-state index contributed by atoms with van der Waals surface area (Å²) in [5.74, 6) is 0.761. The molecule has 1 N–H and O–H groups in total. The first kappa shape index (κ1) is 17.2. The number of carbonyl (C=O) groups excluding carboxylic acids is 1. The van der Waals surface area contributed by atoms with E-state index < -0.39 is 0 Å². The highest BCUT2D eigenvalue weighted by molar-refractivity contribution is 5.78. The van der Waals surface area contributed by atoms with Crippen LogP contribution in [-0.4, -0.2) is 12.5 Å². The predicted molar refractivity (Wildman–Crippen MR) is 108 cm³/mol. The molecule has 28 heavy (non-hydrogen) atoms. The molecule has 0 heterocycles. The smallest absolute Gasteiger partial charge is 0.224 e. The van der Waals surface area contributed by atoms with E-state index in [1.54, 1.807) is 12.1 Å². The molecule has 0 saturated heterocycles. The summed E-state index contributed by atoms with van der Waals surface area (Å²) in [7, 11) is 0. The van der Waals surface area contributed by atoms with Crippen LogP contribution in [-0.2, 0) is 11.2 Å². The van der Waals surface area contributed by atoms with Crippen LogP contribution < -0.4 is 5.32 Å². The standard InChI is InChI=1S/C25H22FNO/c26-18-7-5-6-16(12-18)13-24(28)27-15-17-14-23-19-8-1-3-10-21(19)25(17)22-11-4-2-9-20(22)23/h1-12,17,23,25H,13-15H2,(H,27,28).